The van der Waals surface area contributed by atoms with Crippen LogP contribution >= 0.6 is 0 Å². The van der Waals surface area contributed by atoms with Crippen molar-refractivity contribution in [3.63, 3.8) is 0 Å². The summed E-state index contributed by atoms with van der Waals surface area (Å²) >= 11 is 0. The third kappa shape index (κ3) is 4.38. The predicted octanol–water partition coefficient (Wildman–Crippen LogP) is 1.16. The molecule has 0 bridgehead atoms. The van der Waals surface area contributed by atoms with Crippen LogP contribution in [0, 0.1) is 5.92 Å². The van der Waals surface area contributed by atoms with E-state index < -0.39 is 6.04 Å². The van der Waals surface area contributed by atoms with Gasteiger partial charge in [0.05, 0.1) is 5.56 Å². The minimum Gasteiger partial charge on any atom is -0.357 e. The van der Waals surface area contributed by atoms with Gasteiger partial charge in [0.25, 0.3) is 5.91 Å². The Hall–Kier alpha value is -2.70. The van der Waals surface area contributed by atoms with E-state index in [0.717, 1.165) is 0 Å². The predicted molar refractivity (Wildman–Crippen MR) is 86.1 cm³/mol. The van der Waals surface area contributed by atoms with Crippen LogP contribution in [0.3, 0.4) is 0 Å². The zero-order valence-corrected chi connectivity index (χ0v) is 13.5. The van der Waals surface area contributed by atoms with Crippen LogP contribution in [0.1, 0.15) is 30.6 Å². The first-order valence-electron chi connectivity index (χ1n) is 7.48. The molecule has 2 aromatic rings. The monoisotopic (exact) mass is 315 g/mol. The molecule has 2 aromatic heterocycles. The summed E-state index contributed by atoms with van der Waals surface area (Å²) < 4.78 is 1.74. The average molecular weight is 315 g/mol. The smallest absolute Gasteiger partial charge is 0.253 e. The third-order valence-corrected chi connectivity index (χ3v) is 3.35. The molecule has 0 aromatic carbocycles. The number of nitrogens with one attached hydrogen (secondary N) is 2. The number of carbonyl (C=O) groups is 2. The number of nitrogens with zero attached hydrogens (tertiary/aromatic N) is 3. The van der Waals surface area contributed by atoms with Crippen molar-refractivity contribution >= 4 is 11.8 Å². The molecule has 2 amide bonds. The van der Waals surface area contributed by atoms with E-state index in [1.807, 2.05) is 13.8 Å². The number of hydrogen-bond acceptors (Lipinski definition) is 4. The molecule has 2 rings (SSSR count). The average Bonchev–Trinajstić information content (AvgIpc) is 3.07. The van der Waals surface area contributed by atoms with Gasteiger partial charge >= 0.3 is 0 Å². The molecular weight excluding hydrogens is 294 g/mol. The summed E-state index contributed by atoms with van der Waals surface area (Å²) in [6.07, 6.45) is 7.12. The van der Waals surface area contributed by atoms with Gasteiger partial charge in [-0.05, 0) is 24.5 Å². The van der Waals surface area contributed by atoms with Gasteiger partial charge in [0.2, 0.25) is 5.91 Å². The number of imidazole rings is 1. The summed E-state index contributed by atoms with van der Waals surface area (Å²) in [5.41, 5.74) is 0.409. The summed E-state index contributed by atoms with van der Waals surface area (Å²) in [4.78, 5) is 32.4. The molecule has 0 aliphatic carbocycles. The Morgan fingerprint density at radius 2 is 2.09 bits per heavy atom. The molecule has 0 aliphatic heterocycles. The topological polar surface area (TPSA) is 88.9 Å². The number of rotatable bonds is 6. The highest BCUT2D eigenvalue weighted by Crippen LogP contribution is 2.08. The standard InChI is InChI=1S/C16H21N5O2/c1-11(2)8-13(16(23)17-3)20-15(22)12-4-5-14(19-9-12)21-7-6-18-10-21/h4-7,9-11,13H,8H2,1-3H3,(H,17,23)(H,20,22)/t13-/m0/s1. The Morgan fingerprint density at radius 3 is 2.61 bits per heavy atom. The normalized spacial score (nSPS) is 12.0. The second-order valence-corrected chi connectivity index (χ2v) is 5.64. The first kappa shape index (κ1) is 16.7. The molecule has 0 fully saturated rings. The Labute approximate surface area is 135 Å². The molecule has 0 unspecified atom stereocenters. The Bertz CT molecular complexity index is 650. The molecule has 0 saturated carbocycles. The van der Waals surface area contributed by atoms with Crippen molar-refractivity contribution in [1.82, 2.24) is 25.2 Å². The van der Waals surface area contributed by atoms with Crippen molar-refractivity contribution in [2.75, 3.05) is 7.05 Å². The van der Waals surface area contributed by atoms with Crippen LogP contribution in [-0.2, 0) is 4.79 Å². The first-order valence-corrected chi connectivity index (χ1v) is 7.48. The van der Waals surface area contributed by atoms with Crippen molar-refractivity contribution in [2.24, 2.45) is 5.92 Å². The van der Waals surface area contributed by atoms with Gasteiger partial charge in [0, 0.05) is 25.6 Å². The van der Waals surface area contributed by atoms with Crippen molar-refractivity contribution < 1.29 is 9.59 Å². The van der Waals surface area contributed by atoms with E-state index in [1.54, 1.807) is 42.5 Å². The van der Waals surface area contributed by atoms with Crippen LogP contribution in [0.25, 0.3) is 5.82 Å². The molecule has 2 N–H and O–H groups in total. The molecule has 0 aliphatic rings. The van der Waals surface area contributed by atoms with Gasteiger partial charge in [-0.15, -0.1) is 0 Å². The van der Waals surface area contributed by atoms with Gasteiger partial charge in [-0.2, -0.15) is 0 Å². The van der Waals surface area contributed by atoms with Gasteiger partial charge in [-0.25, -0.2) is 9.97 Å². The highest BCUT2D eigenvalue weighted by atomic mass is 16.2. The minimum absolute atomic E-state index is 0.199. The fraction of sp³-hybridized carbons (Fsp3) is 0.375. The van der Waals surface area contributed by atoms with Crippen LogP contribution in [0.4, 0.5) is 0 Å². The highest BCUT2D eigenvalue weighted by molar-refractivity contribution is 5.97. The number of carbonyl (C=O) groups excluding carboxylic acids is 2. The summed E-state index contributed by atoms with van der Waals surface area (Å²) in [5, 5.41) is 5.33. The molecule has 0 spiro atoms. The number of hydrogen-bond donors (Lipinski definition) is 2. The number of likely N-dealkylation sites (N-methyl/N-ethyl adjacent to an activating group) is 1. The second-order valence-electron chi connectivity index (χ2n) is 5.64. The van der Waals surface area contributed by atoms with Gasteiger partial charge in [-0.1, -0.05) is 13.8 Å². The van der Waals surface area contributed by atoms with Crippen LogP contribution in [-0.4, -0.2) is 39.4 Å². The zero-order valence-electron chi connectivity index (χ0n) is 13.5. The summed E-state index contributed by atoms with van der Waals surface area (Å²) in [6.45, 7) is 4.01. The van der Waals surface area contributed by atoms with Crippen molar-refractivity contribution in [3.8, 4) is 5.82 Å². The lowest BCUT2D eigenvalue weighted by Crippen LogP contribution is -2.46. The fourth-order valence-corrected chi connectivity index (χ4v) is 2.19. The maximum atomic E-state index is 12.3. The largest absolute Gasteiger partial charge is 0.357 e. The Balaban J connectivity index is 2.08. The lowest BCUT2D eigenvalue weighted by Gasteiger charge is -2.19. The van der Waals surface area contributed by atoms with Gasteiger partial charge in [0.1, 0.15) is 18.2 Å². The number of amides is 2. The van der Waals surface area contributed by atoms with Crippen molar-refractivity contribution in [1.29, 1.82) is 0 Å². The Kier molecular flexibility index (Phi) is 5.46. The maximum absolute atomic E-state index is 12.3. The highest BCUT2D eigenvalue weighted by Gasteiger charge is 2.21. The van der Waals surface area contributed by atoms with Crippen LogP contribution in [0.15, 0.2) is 37.1 Å². The molecule has 1 atom stereocenters. The first-order chi connectivity index (χ1) is 11.0. The Morgan fingerprint density at radius 1 is 1.30 bits per heavy atom. The molecule has 2 heterocycles. The summed E-state index contributed by atoms with van der Waals surface area (Å²) in [6, 6.07) is 2.85. The lowest BCUT2D eigenvalue weighted by molar-refractivity contribution is -0.122. The van der Waals surface area contributed by atoms with Crippen LogP contribution < -0.4 is 10.6 Å². The van der Waals surface area contributed by atoms with Crippen molar-refractivity contribution in [2.45, 2.75) is 26.3 Å². The van der Waals surface area contributed by atoms with Gasteiger partial charge in [0.15, 0.2) is 0 Å². The van der Waals surface area contributed by atoms with E-state index in [-0.39, 0.29) is 11.8 Å². The van der Waals surface area contributed by atoms with E-state index in [4.69, 9.17) is 0 Å². The fourth-order valence-electron chi connectivity index (χ4n) is 2.19. The molecule has 0 radical (unpaired) electrons. The van der Waals surface area contributed by atoms with Gasteiger partial charge in [-0.3, -0.25) is 14.2 Å². The van der Waals surface area contributed by atoms with E-state index in [9.17, 15) is 9.59 Å². The molecule has 7 heteroatoms. The third-order valence-electron chi connectivity index (χ3n) is 3.35. The summed E-state index contributed by atoms with van der Waals surface area (Å²) in [5.74, 6) is 0.447. The molecule has 0 saturated heterocycles. The molecule has 122 valence electrons. The maximum Gasteiger partial charge on any atom is 0.253 e. The molecule has 23 heavy (non-hydrogen) atoms. The van der Waals surface area contributed by atoms with E-state index >= 15 is 0 Å². The van der Waals surface area contributed by atoms with E-state index in [0.29, 0.717) is 23.7 Å². The second kappa shape index (κ2) is 7.53. The molecular formula is C16H21N5O2. The van der Waals surface area contributed by atoms with E-state index in [1.165, 1.54) is 6.20 Å². The lowest BCUT2D eigenvalue weighted by atomic mass is 10.0. The number of aromatic nitrogens is 3. The van der Waals surface area contributed by atoms with Crippen LogP contribution in [0.5, 0.6) is 0 Å². The SMILES string of the molecule is CNC(=O)[C@H](CC(C)C)NC(=O)c1ccc(-n2ccnc2)nc1. The van der Waals surface area contributed by atoms with Crippen LogP contribution in [0.2, 0.25) is 0 Å². The summed E-state index contributed by atoms with van der Waals surface area (Å²) in [7, 11) is 1.56. The zero-order chi connectivity index (χ0) is 16.8. The molecule has 7 nitrogen and oxygen atoms in total. The quantitative estimate of drug-likeness (QED) is 0.837. The number of pyridine rings is 1. The van der Waals surface area contributed by atoms with Gasteiger partial charge < -0.3 is 10.6 Å². The minimum atomic E-state index is -0.555. The van der Waals surface area contributed by atoms with E-state index in [2.05, 4.69) is 20.6 Å². The van der Waals surface area contributed by atoms with Crippen molar-refractivity contribution in [3.05, 3.63) is 42.6 Å².